The maximum Gasteiger partial charge on any atom is 0.241 e. The Balaban J connectivity index is 0.000000220. The van der Waals surface area contributed by atoms with Crippen molar-refractivity contribution in [2.24, 2.45) is 20.0 Å². The molecule has 2 aromatic rings. The number of nitrogens with zero attached hydrogens (tertiary/aromatic N) is 4. The molecule has 0 unspecified atom stereocenters. The molecule has 0 bridgehead atoms. The van der Waals surface area contributed by atoms with E-state index < -0.39 is 0 Å². The third kappa shape index (κ3) is 5.92. The van der Waals surface area contributed by atoms with E-state index in [1.165, 1.54) is 24.3 Å². The van der Waals surface area contributed by atoms with Gasteiger partial charge in [0.25, 0.3) is 0 Å². The Labute approximate surface area is 130 Å². The second-order valence-corrected chi connectivity index (χ2v) is 5.12. The van der Waals surface area contributed by atoms with Crippen LogP contribution in [0.1, 0.15) is 0 Å². The molecule has 0 fully saturated rings. The Hall–Kier alpha value is -3.08. The minimum Gasteiger partial charge on any atom is -0.211 e. The number of hydrogen-bond donors (Lipinski definition) is 0. The van der Waals surface area contributed by atoms with Crippen molar-refractivity contribution >= 4 is 67.0 Å². The molecule has 8 nitrogen and oxygen atoms in total. The van der Waals surface area contributed by atoms with Gasteiger partial charge in [0.2, 0.25) is 24.3 Å². The van der Waals surface area contributed by atoms with Crippen molar-refractivity contribution < 1.29 is 19.2 Å². The standard InChI is InChI=1S/2C6H2N2O2S/c2*9-3-7-5-1-2-6(11-5)8-4-10/h2*1-2H. The van der Waals surface area contributed by atoms with Gasteiger partial charge >= 0.3 is 0 Å². The summed E-state index contributed by atoms with van der Waals surface area (Å²) >= 11 is 2.25. The van der Waals surface area contributed by atoms with E-state index in [1.807, 2.05) is 0 Å². The van der Waals surface area contributed by atoms with Gasteiger partial charge in [-0.2, -0.15) is 20.0 Å². The van der Waals surface area contributed by atoms with Gasteiger partial charge in [-0.25, -0.2) is 19.2 Å². The van der Waals surface area contributed by atoms with Crippen LogP contribution in [0.2, 0.25) is 0 Å². The smallest absolute Gasteiger partial charge is 0.211 e. The van der Waals surface area contributed by atoms with Crippen LogP contribution in [-0.4, -0.2) is 24.3 Å². The monoisotopic (exact) mass is 332 g/mol. The molecule has 0 N–H and O–H groups in total. The molecule has 0 amide bonds. The highest BCUT2D eigenvalue weighted by atomic mass is 32.1. The quantitative estimate of drug-likeness (QED) is 0.630. The van der Waals surface area contributed by atoms with Crippen molar-refractivity contribution in [2.75, 3.05) is 0 Å². The van der Waals surface area contributed by atoms with E-state index in [0.29, 0.717) is 20.0 Å². The lowest BCUT2D eigenvalue weighted by Gasteiger charge is -1.73. The zero-order valence-electron chi connectivity index (χ0n) is 10.5. The Morgan fingerprint density at radius 1 is 0.545 bits per heavy atom. The summed E-state index contributed by atoms with van der Waals surface area (Å²) in [6.07, 6.45) is 5.54. The van der Waals surface area contributed by atoms with Crippen molar-refractivity contribution in [1.29, 1.82) is 0 Å². The Kier molecular flexibility index (Phi) is 7.53. The summed E-state index contributed by atoms with van der Waals surface area (Å²) in [6, 6.07) is 6.30. The van der Waals surface area contributed by atoms with E-state index in [2.05, 4.69) is 20.0 Å². The molecule has 0 aromatic carbocycles. The van der Waals surface area contributed by atoms with Crippen molar-refractivity contribution in [3.05, 3.63) is 24.3 Å². The minimum atomic E-state index is 0.481. The van der Waals surface area contributed by atoms with E-state index in [1.54, 1.807) is 24.3 Å². The molecule has 2 aromatic heterocycles. The van der Waals surface area contributed by atoms with Gasteiger partial charge in [-0.15, -0.1) is 0 Å². The average molecular weight is 332 g/mol. The van der Waals surface area contributed by atoms with Crippen LogP contribution < -0.4 is 0 Å². The van der Waals surface area contributed by atoms with Gasteiger partial charge in [-0.1, -0.05) is 22.7 Å². The lowest BCUT2D eigenvalue weighted by atomic mass is 10.6. The molecule has 0 saturated heterocycles. The molecule has 0 aliphatic rings. The van der Waals surface area contributed by atoms with Crippen LogP contribution in [0, 0.1) is 0 Å². The Morgan fingerprint density at radius 3 is 0.955 bits per heavy atom. The van der Waals surface area contributed by atoms with Crippen molar-refractivity contribution in [3.8, 4) is 0 Å². The Morgan fingerprint density at radius 2 is 0.773 bits per heavy atom. The largest absolute Gasteiger partial charge is 0.241 e. The molecule has 0 aliphatic carbocycles. The van der Waals surface area contributed by atoms with Crippen LogP contribution in [0.5, 0.6) is 0 Å². The van der Waals surface area contributed by atoms with Crippen LogP contribution in [0.25, 0.3) is 0 Å². The van der Waals surface area contributed by atoms with Crippen LogP contribution in [0.15, 0.2) is 44.2 Å². The van der Waals surface area contributed by atoms with Crippen LogP contribution in [-0.2, 0) is 19.2 Å². The first-order chi connectivity index (χ1) is 10.7. The van der Waals surface area contributed by atoms with Crippen LogP contribution >= 0.6 is 22.7 Å². The van der Waals surface area contributed by atoms with Gasteiger partial charge in [-0.05, 0) is 24.3 Å². The molecule has 108 valence electrons. The zero-order valence-corrected chi connectivity index (χ0v) is 12.2. The fraction of sp³-hybridized carbons (Fsp3) is 0. The fourth-order valence-electron chi connectivity index (χ4n) is 1.06. The number of rotatable bonds is 4. The normalized spacial score (nSPS) is 8.00. The highest BCUT2D eigenvalue weighted by Crippen LogP contribution is 2.30. The summed E-state index contributed by atoms with van der Waals surface area (Å²) in [7, 11) is 0. The molecule has 22 heavy (non-hydrogen) atoms. The highest BCUT2D eigenvalue weighted by molar-refractivity contribution is 7.19. The predicted octanol–water partition coefficient (Wildman–Crippen LogP) is 3.37. The van der Waals surface area contributed by atoms with Crippen molar-refractivity contribution in [1.82, 2.24) is 0 Å². The van der Waals surface area contributed by atoms with Crippen LogP contribution in [0.3, 0.4) is 0 Å². The summed E-state index contributed by atoms with van der Waals surface area (Å²) < 4.78 is 0. The minimum absolute atomic E-state index is 0.481. The lowest BCUT2D eigenvalue weighted by molar-refractivity contribution is 0.564. The van der Waals surface area contributed by atoms with Crippen molar-refractivity contribution in [2.45, 2.75) is 0 Å². The maximum absolute atomic E-state index is 9.75. The zero-order chi connectivity index (χ0) is 16.2. The SMILES string of the molecule is O=C=Nc1ccc(N=C=O)s1.O=C=Nc1ccc(N=C=O)s1. The predicted molar refractivity (Wildman–Crippen MR) is 79.8 cm³/mol. The highest BCUT2D eigenvalue weighted by Gasteiger charge is 1.95. The topological polar surface area (TPSA) is 118 Å². The molecule has 0 spiro atoms. The molecule has 0 atom stereocenters. The molecule has 2 heterocycles. The number of hydrogen-bond acceptors (Lipinski definition) is 10. The van der Waals surface area contributed by atoms with Gasteiger partial charge < -0.3 is 0 Å². The lowest BCUT2D eigenvalue weighted by Crippen LogP contribution is -1.45. The number of aliphatic imine (C=N–C) groups is 4. The van der Waals surface area contributed by atoms with Gasteiger partial charge in [0, 0.05) is 0 Å². The molecule has 10 heteroatoms. The summed E-state index contributed by atoms with van der Waals surface area (Å²) in [5.74, 6) is 0. The summed E-state index contributed by atoms with van der Waals surface area (Å²) in [4.78, 5) is 52.3. The molecule has 2 rings (SSSR count). The van der Waals surface area contributed by atoms with Gasteiger partial charge in [0.15, 0.2) is 0 Å². The maximum atomic E-state index is 9.75. The van der Waals surface area contributed by atoms with Crippen molar-refractivity contribution in [3.63, 3.8) is 0 Å². The van der Waals surface area contributed by atoms with E-state index in [9.17, 15) is 19.2 Å². The fourth-order valence-corrected chi connectivity index (χ4v) is 2.36. The first-order valence-electron chi connectivity index (χ1n) is 5.24. The molecular weight excluding hydrogens is 328 g/mol. The molecule has 0 radical (unpaired) electrons. The summed E-state index contributed by atoms with van der Waals surface area (Å²) in [5.41, 5.74) is 0. The summed E-state index contributed by atoms with van der Waals surface area (Å²) in [5, 5.41) is 1.92. The molecule has 0 aliphatic heterocycles. The number of carbonyl (C=O) groups excluding carboxylic acids is 4. The summed E-state index contributed by atoms with van der Waals surface area (Å²) in [6.45, 7) is 0. The second kappa shape index (κ2) is 9.77. The Bertz CT molecular complexity index is 696. The van der Waals surface area contributed by atoms with E-state index in [0.717, 1.165) is 22.7 Å². The third-order valence-electron chi connectivity index (χ3n) is 1.78. The third-order valence-corrected chi connectivity index (χ3v) is 3.52. The van der Waals surface area contributed by atoms with E-state index in [-0.39, 0.29) is 0 Å². The second-order valence-electron chi connectivity index (χ2n) is 3.04. The number of isocyanates is 4. The van der Waals surface area contributed by atoms with Gasteiger partial charge in [0.1, 0.15) is 20.0 Å². The first kappa shape index (κ1) is 17.0. The molecule has 0 saturated carbocycles. The first-order valence-corrected chi connectivity index (χ1v) is 6.88. The van der Waals surface area contributed by atoms with E-state index in [4.69, 9.17) is 0 Å². The van der Waals surface area contributed by atoms with E-state index >= 15 is 0 Å². The van der Waals surface area contributed by atoms with Crippen LogP contribution in [0.4, 0.5) is 20.0 Å². The molecular formula is C12H4N4O4S2. The van der Waals surface area contributed by atoms with Gasteiger partial charge in [0.05, 0.1) is 0 Å². The van der Waals surface area contributed by atoms with Gasteiger partial charge in [-0.3, -0.25) is 0 Å². The number of thiophene rings is 2. The average Bonchev–Trinajstić information content (AvgIpc) is 3.12.